The van der Waals surface area contributed by atoms with Gasteiger partial charge in [0.15, 0.2) is 0 Å². The van der Waals surface area contributed by atoms with E-state index >= 15 is 0 Å². The van der Waals surface area contributed by atoms with Crippen LogP contribution in [0.2, 0.25) is 0 Å². The van der Waals surface area contributed by atoms with E-state index in [4.69, 9.17) is 4.98 Å². The van der Waals surface area contributed by atoms with E-state index < -0.39 is 0 Å². The summed E-state index contributed by atoms with van der Waals surface area (Å²) in [6.45, 7) is 6.61. The predicted molar refractivity (Wildman–Crippen MR) is 128 cm³/mol. The van der Waals surface area contributed by atoms with Gasteiger partial charge in [-0.15, -0.1) is 0 Å². The van der Waals surface area contributed by atoms with E-state index in [1.165, 1.54) is 0 Å². The maximum absolute atomic E-state index is 12.5. The average Bonchev–Trinajstić information content (AvgIpc) is 2.83. The van der Waals surface area contributed by atoms with Crippen molar-refractivity contribution in [1.29, 1.82) is 0 Å². The van der Waals surface area contributed by atoms with E-state index in [0.717, 1.165) is 54.0 Å². The summed E-state index contributed by atoms with van der Waals surface area (Å²) < 4.78 is 0. The Balaban J connectivity index is 1.43. The zero-order chi connectivity index (χ0) is 23.4. The van der Waals surface area contributed by atoms with Gasteiger partial charge in [0.25, 0.3) is 11.5 Å². The molecule has 4 rings (SSSR count). The molecule has 0 spiro atoms. The summed E-state index contributed by atoms with van der Waals surface area (Å²) in [6, 6.07) is 7.34. The molecule has 0 bridgehead atoms. The quantitative estimate of drug-likeness (QED) is 0.587. The van der Waals surface area contributed by atoms with Crippen LogP contribution in [0.1, 0.15) is 78.9 Å². The van der Waals surface area contributed by atoms with Crippen LogP contribution >= 0.6 is 0 Å². The summed E-state index contributed by atoms with van der Waals surface area (Å²) in [6.07, 6.45) is 9.59. The molecule has 7 heteroatoms. The molecule has 0 saturated heterocycles. The Morgan fingerprint density at radius 1 is 1.12 bits per heavy atom. The largest absolute Gasteiger partial charge is 0.352 e. The number of amides is 1. The minimum Gasteiger partial charge on any atom is -0.352 e. The number of aromatic nitrogens is 4. The minimum absolute atomic E-state index is 0.165. The van der Waals surface area contributed by atoms with Gasteiger partial charge in [0.05, 0.1) is 5.69 Å². The Kier molecular flexibility index (Phi) is 6.96. The maximum atomic E-state index is 12.5. The van der Waals surface area contributed by atoms with E-state index in [1.807, 2.05) is 18.3 Å². The highest BCUT2D eigenvalue weighted by molar-refractivity contribution is 5.93. The number of carbonyl (C=O) groups is 1. The molecule has 0 atom stereocenters. The number of nitrogens with one attached hydrogen (secondary N) is 2. The third kappa shape index (κ3) is 5.35. The van der Waals surface area contributed by atoms with Gasteiger partial charge in [0.1, 0.15) is 11.4 Å². The Labute approximate surface area is 194 Å². The van der Waals surface area contributed by atoms with Crippen molar-refractivity contribution >= 4 is 5.91 Å². The summed E-state index contributed by atoms with van der Waals surface area (Å²) in [5, 5.41) is 2.95. The van der Waals surface area contributed by atoms with Crippen molar-refractivity contribution < 1.29 is 4.79 Å². The van der Waals surface area contributed by atoms with Crippen molar-refractivity contribution in [2.24, 2.45) is 5.92 Å². The van der Waals surface area contributed by atoms with Gasteiger partial charge in [-0.25, -0.2) is 9.97 Å². The monoisotopic (exact) mass is 445 g/mol. The number of hydrogen-bond acceptors (Lipinski definition) is 5. The molecule has 0 unspecified atom stereocenters. The van der Waals surface area contributed by atoms with Crippen molar-refractivity contribution in [1.82, 2.24) is 25.3 Å². The van der Waals surface area contributed by atoms with Gasteiger partial charge in [0.2, 0.25) is 0 Å². The van der Waals surface area contributed by atoms with Crippen molar-refractivity contribution in [2.75, 3.05) is 6.54 Å². The van der Waals surface area contributed by atoms with Crippen LogP contribution in [0.3, 0.4) is 0 Å². The second kappa shape index (κ2) is 10.1. The number of pyridine rings is 2. The lowest BCUT2D eigenvalue weighted by molar-refractivity contribution is 0.0941. The zero-order valence-electron chi connectivity index (χ0n) is 19.5. The molecular weight excluding hydrogens is 414 g/mol. The highest BCUT2D eigenvalue weighted by Gasteiger charge is 2.27. The molecule has 1 aliphatic rings. The van der Waals surface area contributed by atoms with Gasteiger partial charge in [-0.05, 0) is 68.4 Å². The van der Waals surface area contributed by atoms with E-state index in [1.54, 1.807) is 31.5 Å². The number of hydrogen-bond donors (Lipinski definition) is 2. The van der Waals surface area contributed by atoms with Crippen LogP contribution in [-0.4, -0.2) is 32.4 Å². The molecule has 1 fully saturated rings. The molecule has 3 aromatic rings. The smallest absolute Gasteiger partial charge is 0.260 e. The summed E-state index contributed by atoms with van der Waals surface area (Å²) in [5.41, 5.74) is 3.85. The lowest BCUT2D eigenvalue weighted by atomic mass is 9.79. The van der Waals surface area contributed by atoms with Crippen molar-refractivity contribution in [3.05, 3.63) is 76.0 Å². The molecular formula is C26H31N5O2. The van der Waals surface area contributed by atoms with E-state index in [-0.39, 0.29) is 22.9 Å². The van der Waals surface area contributed by atoms with Crippen LogP contribution in [0, 0.1) is 12.8 Å². The molecule has 7 nitrogen and oxygen atoms in total. The second-order valence-electron chi connectivity index (χ2n) is 9.23. The normalized spacial score (nSPS) is 18.3. The molecule has 3 heterocycles. The molecule has 2 N–H and O–H groups in total. The van der Waals surface area contributed by atoms with Crippen molar-refractivity contribution in [3.8, 4) is 11.1 Å². The molecule has 3 aromatic heterocycles. The summed E-state index contributed by atoms with van der Waals surface area (Å²) in [5.74, 6) is 1.59. The number of nitrogens with zero attached hydrogens (tertiary/aromatic N) is 3. The molecule has 0 radical (unpaired) electrons. The maximum Gasteiger partial charge on any atom is 0.260 e. The number of aryl methyl sites for hydroxylation is 1. The molecule has 1 aliphatic carbocycles. The zero-order valence-corrected chi connectivity index (χ0v) is 19.5. The van der Waals surface area contributed by atoms with Gasteiger partial charge in [-0.3, -0.25) is 14.6 Å². The fraction of sp³-hybridized carbons (Fsp3) is 0.423. The number of aromatic amines is 1. The third-order valence-corrected chi connectivity index (χ3v) is 6.43. The topological polar surface area (TPSA) is 101 Å². The van der Waals surface area contributed by atoms with Crippen LogP contribution in [0.5, 0.6) is 0 Å². The van der Waals surface area contributed by atoms with Crippen LogP contribution in [0.15, 0.2) is 47.7 Å². The molecule has 172 valence electrons. The first kappa shape index (κ1) is 22.8. The summed E-state index contributed by atoms with van der Waals surface area (Å²) in [4.78, 5) is 40.9. The molecule has 33 heavy (non-hydrogen) atoms. The number of H-pyrrole nitrogens is 1. The van der Waals surface area contributed by atoms with E-state index in [9.17, 15) is 9.59 Å². The Bertz CT molecular complexity index is 1160. The van der Waals surface area contributed by atoms with Crippen LogP contribution < -0.4 is 10.9 Å². The third-order valence-electron chi connectivity index (χ3n) is 6.43. The first-order valence-corrected chi connectivity index (χ1v) is 11.7. The molecule has 1 amide bonds. The van der Waals surface area contributed by atoms with Crippen LogP contribution in [0.25, 0.3) is 11.1 Å². The second-order valence-corrected chi connectivity index (χ2v) is 9.23. The van der Waals surface area contributed by atoms with Gasteiger partial charge < -0.3 is 10.3 Å². The lowest BCUT2D eigenvalue weighted by Crippen LogP contribution is -2.34. The molecule has 0 aromatic carbocycles. The predicted octanol–water partition coefficient (Wildman–Crippen LogP) is 4.36. The minimum atomic E-state index is -0.343. The van der Waals surface area contributed by atoms with E-state index in [0.29, 0.717) is 18.4 Å². The summed E-state index contributed by atoms with van der Waals surface area (Å²) >= 11 is 0. The highest BCUT2D eigenvalue weighted by Crippen LogP contribution is 2.39. The van der Waals surface area contributed by atoms with Crippen LogP contribution in [-0.2, 0) is 0 Å². The fourth-order valence-corrected chi connectivity index (χ4v) is 4.48. The molecule has 1 saturated carbocycles. The van der Waals surface area contributed by atoms with Gasteiger partial charge in [-0.1, -0.05) is 13.8 Å². The summed E-state index contributed by atoms with van der Waals surface area (Å²) in [7, 11) is 0. The van der Waals surface area contributed by atoms with Gasteiger partial charge >= 0.3 is 0 Å². The van der Waals surface area contributed by atoms with Crippen molar-refractivity contribution in [3.63, 3.8) is 0 Å². The van der Waals surface area contributed by atoms with Gasteiger partial charge in [-0.2, -0.15) is 0 Å². The van der Waals surface area contributed by atoms with Gasteiger partial charge in [0, 0.05) is 48.2 Å². The Morgan fingerprint density at radius 2 is 1.85 bits per heavy atom. The van der Waals surface area contributed by atoms with Crippen molar-refractivity contribution in [2.45, 2.75) is 58.3 Å². The highest BCUT2D eigenvalue weighted by atomic mass is 16.2. The van der Waals surface area contributed by atoms with E-state index in [2.05, 4.69) is 34.1 Å². The first-order valence-electron chi connectivity index (χ1n) is 11.7. The fourth-order valence-electron chi connectivity index (χ4n) is 4.48. The average molecular weight is 446 g/mol. The first-order chi connectivity index (χ1) is 15.9. The standard InChI is InChI=1S/C26H31N5O2/c1-16(2)24-28-15-22(19-10-12-27-13-11-19)23(31-24)20-7-5-18(6-8-20)14-29-25(32)21-9-4-17(3)30-26(21)33/h4,9-13,15-16,18,20H,5-8,14H2,1-3H3,(H,29,32)(H,30,33). The molecule has 0 aliphatic heterocycles. The van der Waals surface area contributed by atoms with Crippen LogP contribution in [0.4, 0.5) is 0 Å². The Morgan fingerprint density at radius 3 is 2.52 bits per heavy atom. The SMILES string of the molecule is Cc1ccc(C(=O)NCC2CCC(c3nc(C(C)C)ncc3-c3ccncc3)CC2)c(=O)[nH]1. The number of rotatable bonds is 6. The number of carbonyl (C=O) groups excluding carboxylic acids is 1. The Hall–Kier alpha value is -3.35. The lowest BCUT2D eigenvalue weighted by Gasteiger charge is -2.29.